The normalized spacial score (nSPS) is 15.0. The molecule has 0 radical (unpaired) electrons. The number of amidine groups is 1. The Hall–Kier alpha value is -3.39. The van der Waals surface area contributed by atoms with Crippen LogP contribution >= 0.6 is 11.8 Å². The molecular weight excluding hydrogens is 422 g/mol. The minimum absolute atomic E-state index is 0.174. The lowest BCUT2D eigenvalue weighted by Crippen LogP contribution is -2.30. The average Bonchev–Trinajstić information content (AvgIpc) is 3.35. The van der Waals surface area contributed by atoms with Gasteiger partial charge in [-0.2, -0.15) is 5.10 Å². The number of methoxy groups -OCH3 is 1. The smallest absolute Gasteiger partial charge is 0.283 e. The lowest BCUT2D eigenvalue weighted by Gasteiger charge is -2.18. The van der Waals surface area contributed by atoms with Gasteiger partial charge in [-0.25, -0.2) is 9.98 Å². The minimum Gasteiger partial charge on any atom is -0.497 e. The summed E-state index contributed by atoms with van der Waals surface area (Å²) in [5.74, 6) is 2.30. The Balaban J connectivity index is 1.67. The predicted octanol–water partition coefficient (Wildman–Crippen LogP) is 4.62. The molecular formula is C24H25N5O2S. The van der Waals surface area contributed by atoms with Gasteiger partial charge >= 0.3 is 0 Å². The maximum atomic E-state index is 13.4. The molecule has 32 heavy (non-hydrogen) atoms. The van der Waals surface area contributed by atoms with Crippen molar-refractivity contribution in [2.24, 2.45) is 12.0 Å². The highest BCUT2D eigenvalue weighted by Crippen LogP contribution is 2.32. The van der Waals surface area contributed by atoms with Crippen LogP contribution in [-0.2, 0) is 17.6 Å². The van der Waals surface area contributed by atoms with Crippen molar-refractivity contribution in [3.05, 3.63) is 77.5 Å². The third kappa shape index (κ3) is 4.60. The zero-order valence-electron chi connectivity index (χ0n) is 18.5. The highest BCUT2D eigenvalue weighted by molar-refractivity contribution is 8.13. The van der Waals surface area contributed by atoms with Crippen molar-refractivity contribution >= 4 is 34.6 Å². The summed E-state index contributed by atoms with van der Waals surface area (Å²) in [6, 6.07) is 15.6. The monoisotopic (exact) mass is 447 g/mol. The van der Waals surface area contributed by atoms with E-state index in [2.05, 4.69) is 41.1 Å². The summed E-state index contributed by atoms with van der Waals surface area (Å²) >= 11 is 1.45. The molecule has 0 unspecified atom stereocenters. The minimum atomic E-state index is -0.174. The predicted molar refractivity (Wildman–Crippen MR) is 129 cm³/mol. The van der Waals surface area contributed by atoms with Gasteiger partial charge in [0.05, 0.1) is 18.6 Å². The molecule has 3 aromatic rings. The van der Waals surface area contributed by atoms with E-state index in [-0.39, 0.29) is 5.91 Å². The molecule has 0 N–H and O–H groups in total. The molecule has 1 aliphatic rings. The van der Waals surface area contributed by atoms with Crippen LogP contribution < -0.4 is 9.64 Å². The SMILES string of the molecule is COc1cccc(N2C(=O)/C(=C/c3ccc(C(C)C)cc3)N=C2SCc2ncnn2C)c1. The van der Waals surface area contributed by atoms with E-state index in [1.54, 1.807) is 16.7 Å². The molecule has 8 heteroatoms. The summed E-state index contributed by atoms with van der Waals surface area (Å²) in [5, 5.41) is 4.70. The van der Waals surface area contributed by atoms with Crippen LogP contribution in [0.2, 0.25) is 0 Å². The number of aromatic nitrogens is 3. The second kappa shape index (κ2) is 9.40. The Labute approximate surface area is 191 Å². The van der Waals surface area contributed by atoms with Gasteiger partial charge in [-0.3, -0.25) is 14.4 Å². The first kappa shape index (κ1) is 21.8. The van der Waals surface area contributed by atoms with Crippen molar-refractivity contribution in [1.29, 1.82) is 0 Å². The quantitative estimate of drug-likeness (QED) is 0.516. The van der Waals surface area contributed by atoms with E-state index in [0.717, 1.165) is 11.4 Å². The van der Waals surface area contributed by atoms with Crippen molar-refractivity contribution in [3.8, 4) is 5.75 Å². The molecule has 1 aliphatic heterocycles. The number of carbonyl (C=O) groups is 1. The fourth-order valence-corrected chi connectivity index (χ4v) is 4.29. The van der Waals surface area contributed by atoms with Crippen molar-refractivity contribution in [2.75, 3.05) is 12.0 Å². The fraction of sp³-hybridized carbons (Fsp3) is 0.250. The van der Waals surface area contributed by atoms with E-state index >= 15 is 0 Å². The Morgan fingerprint density at radius 3 is 2.59 bits per heavy atom. The summed E-state index contributed by atoms with van der Waals surface area (Å²) in [5.41, 5.74) is 3.29. The van der Waals surface area contributed by atoms with Crippen LogP contribution in [0, 0.1) is 0 Å². The Bertz CT molecular complexity index is 1180. The van der Waals surface area contributed by atoms with Gasteiger partial charge in [-0.1, -0.05) is 55.9 Å². The molecule has 7 nitrogen and oxygen atoms in total. The molecule has 0 bridgehead atoms. The van der Waals surface area contributed by atoms with Crippen molar-refractivity contribution in [2.45, 2.75) is 25.5 Å². The third-order valence-electron chi connectivity index (χ3n) is 5.18. The number of thioether (sulfide) groups is 1. The number of nitrogens with zero attached hydrogens (tertiary/aromatic N) is 5. The molecule has 164 valence electrons. The number of anilines is 1. The van der Waals surface area contributed by atoms with Gasteiger partial charge in [0.15, 0.2) is 5.17 Å². The van der Waals surface area contributed by atoms with E-state index in [9.17, 15) is 4.79 Å². The molecule has 4 rings (SSSR count). The van der Waals surface area contributed by atoms with E-state index in [1.165, 1.54) is 23.7 Å². The highest BCUT2D eigenvalue weighted by atomic mass is 32.2. The molecule has 2 heterocycles. The van der Waals surface area contributed by atoms with E-state index in [0.29, 0.717) is 34.0 Å². The van der Waals surface area contributed by atoms with E-state index in [1.807, 2.05) is 49.5 Å². The summed E-state index contributed by atoms with van der Waals surface area (Å²) in [6.45, 7) is 4.32. The van der Waals surface area contributed by atoms with Crippen LogP contribution in [0.3, 0.4) is 0 Å². The standard InChI is InChI=1S/C24H25N5O2S/c1-16(2)18-10-8-17(9-11-18)12-21-23(30)29(19-6-5-7-20(13-19)31-4)24(27-21)32-14-22-25-15-26-28(22)3/h5-13,15-16H,14H2,1-4H3/b21-12-. The lowest BCUT2D eigenvalue weighted by molar-refractivity contribution is -0.113. The van der Waals surface area contributed by atoms with Crippen LogP contribution in [0.15, 0.2) is 65.5 Å². The molecule has 0 saturated heterocycles. The molecule has 1 amide bonds. The first-order chi connectivity index (χ1) is 15.5. The summed E-state index contributed by atoms with van der Waals surface area (Å²) < 4.78 is 7.07. The Morgan fingerprint density at radius 1 is 1.16 bits per heavy atom. The van der Waals surface area contributed by atoms with Gasteiger partial charge in [0.25, 0.3) is 5.91 Å². The second-order valence-electron chi connectivity index (χ2n) is 7.68. The number of hydrogen-bond donors (Lipinski definition) is 0. The number of hydrogen-bond acceptors (Lipinski definition) is 6. The number of ether oxygens (including phenoxy) is 1. The molecule has 0 aliphatic carbocycles. The van der Waals surface area contributed by atoms with Gasteiger partial charge in [0, 0.05) is 13.1 Å². The van der Waals surface area contributed by atoms with E-state index < -0.39 is 0 Å². The Morgan fingerprint density at radius 2 is 1.94 bits per heavy atom. The number of rotatable bonds is 6. The first-order valence-corrected chi connectivity index (χ1v) is 11.3. The maximum absolute atomic E-state index is 13.4. The average molecular weight is 448 g/mol. The van der Waals surface area contributed by atoms with Gasteiger partial charge in [0.2, 0.25) is 0 Å². The van der Waals surface area contributed by atoms with Crippen molar-refractivity contribution in [3.63, 3.8) is 0 Å². The van der Waals surface area contributed by atoms with Crippen LogP contribution in [0.1, 0.15) is 36.7 Å². The number of benzene rings is 2. The van der Waals surface area contributed by atoms with Crippen molar-refractivity contribution in [1.82, 2.24) is 14.8 Å². The topological polar surface area (TPSA) is 72.6 Å². The molecule has 1 aromatic heterocycles. The highest BCUT2D eigenvalue weighted by Gasteiger charge is 2.32. The van der Waals surface area contributed by atoms with Gasteiger partial charge in [-0.15, -0.1) is 0 Å². The summed E-state index contributed by atoms with van der Waals surface area (Å²) in [4.78, 5) is 24.0. The lowest BCUT2D eigenvalue weighted by atomic mass is 10.0. The molecule has 0 spiro atoms. The van der Waals surface area contributed by atoms with Gasteiger partial charge < -0.3 is 4.74 Å². The van der Waals surface area contributed by atoms with Gasteiger partial charge in [-0.05, 0) is 35.3 Å². The third-order valence-corrected chi connectivity index (χ3v) is 6.12. The largest absolute Gasteiger partial charge is 0.497 e. The second-order valence-corrected chi connectivity index (χ2v) is 8.62. The zero-order valence-corrected chi connectivity index (χ0v) is 19.3. The van der Waals surface area contributed by atoms with Crippen LogP contribution in [0.4, 0.5) is 5.69 Å². The fourth-order valence-electron chi connectivity index (χ4n) is 3.29. The van der Waals surface area contributed by atoms with Crippen LogP contribution in [-0.4, -0.2) is 32.9 Å². The molecule has 0 saturated carbocycles. The Kier molecular flexibility index (Phi) is 6.41. The summed E-state index contributed by atoms with van der Waals surface area (Å²) in [6.07, 6.45) is 3.35. The number of amides is 1. The van der Waals surface area contributed by atoms with Crippen molar-refractivity contribution < 1.29 is 9.53 Å². The maximum Gasteiger partial charge on any atom is 0.283 e. The van der Waals surface area contributed by atoms with E-state index in [4.69, 9.17) is 4.74 Å². The number of carbonyl (C=O) groups excluding carboxylic acids is 1. The van der Waals surface area contributed by atoms with Crippen LogP contribution in [0.25, 0.3) is 6.08 Å². The molecule has 0 atom stereocenters. The molecule has 0 fully saturated rings. The van der Waals surface area contributed by atoms with Gasteiger partial charge in [0.1, 0.15) is 23.6 Å². The van der Waals surface area contributed by atoms with Crippen LogP contribution in [0.5, 0.6) is 5.75 Å². The first-order valence-electron chi connectivity index (χ1n) is 10.3. The number of aryl methyl sites for hydroxylation is 1. The molecule has 2 aromatic carbocycles. The summed E-state index contributed by atoms with van der Waals surface area (Å²) in [7, 11) is 3.45. The zero-order chi connectivity index (χ0) is 22.7. The number of aliphatic imine (C=N–C) groups is 1.